The van der Waals surface area contributed by atoms with Crippen LogP contribution in [0.1, 0.15) is 51.7 Å². The van der Waals surface area contributed by atoms with Crippen LogP contribution in [0.4, 0.5) is 0 Å². The lowest BCUT2D eigenvalue weighted by Crippen LogP contribution is -2.72. The molecular weight excluding hydrogens is 666 g/mol. The normalized spacial score (nSPS) is 31.1. The number of rotatable bonds is 7. The maximum Gasteiger partial charge on any atom is 0.335 e. The minimum Gasteiger partial charge on any atom is -0.479 e. The molecule has 2 aromatic rings. The smallest absolute Gasteiger partial charge is 0.335 e. The van der Waals surface area contributed by atoms with Gasteiger partial charge in [0.1, 0.15) is 12.1 Å². The Morgan fingerprint density at radius 3 is 2.33 bits per heavy atom. The second-order valence-corrected chi connectivity index (χ2v) is 14.7. The summed E-state index contributed by atoms with van der Waals surface area (Å²) in [4.78, 5) is 69.9. The molecule has 0 bridgehead atoms. The summed E-state index contributed by atoms with van der Waals surface area (Å²) in [5.41, 5.74) is 2.78. The predicted molar refractivity (Wildman–Crippen MR) is 179 cm³/mol. The molecule has 16 nitrogen and oxygen atoms in total. The number of hydrogen-bond donors (Lipinski definition) is 7. The van der Waals surface area contributed by atoms with Crippen LogP contribution in [0.5, 0.6) is 0 Å². The molecule has 3 saturated heterocycles. The number of carboxylic acid groups (broad SMARTS) is 2. The molecule has 7 rings (SSSR count). The molecule has 4 aliphatic heterocycles. The number of aromatic nitrogens is 1. The number of amides is 3. The number of piperazine rings is 1. The largest absolute Gasteiger partial charge is 0.479 e. The molecule has 0 saturated carbocycles. The van der Waals surface area contributed by atoms with Gasteiger partial charge in [0.25, 0.3) is 11.8 Å². The number of aliphatic hydroxyl groups excluding tert-OH is 2. The van der Waals surface area contributed by atoms with E-state index < -0.39 is 65.6 Å². The van der Waals surface area contributed by atoms with E-state index in [1.165, 1.54) is 15.8 Å². The Morgan fingerprint density at radius 2 is 1.73 bits per heavy atom. The van der Waals surface area contributed by atoms with Gasteiger partial charge in [-0.25, -0.2) is 9.59 Å². The van der Waals surface area contributed by atoms with Crippen molar-refractivity contribution in [2.45, 2.75) is 88.9 Å². The molecular formula is C35H45N5O11. The number of aliphatic carboxylic acids is 2. The van der Waals surface area contributed by atoms with Crippen molar-refractivity contribution in [3.05, 3.63) is 41.6 Å². The van der Waals surface area contributed by atoms with Gasteiger partial charge < -0.3 is 40.7 Å². The van der Waals surface area contributed by atoms with Crippen molar-refractivity contribution in [1.29, 1.82) is 0 Å². The molecule has 276 valence electrons. The van der Waals surface area contributed by atoms with Crippen LogP contribution < -0.4 is 5.32 Å². The Kier molecular flexibility index (Phi) is 9.29. The minimum atomic E-state index is -2.27. The van der Waals surface area contributed by atoms with Crippen LogP contribution in [0.2, 0.25) is 0 Å². The number of likely N-dealkylation sites (N-methyl/N-ethyl adjacent to an activating group) is 1. The predicted octanol–water partition coefficient (Wildman–Crippen LogP) is -0.0824. The van der Waals surface area contributed by atoms with Crippen LogP contribution in [0.25, 0.3) is 16.5 Å². The topological polar surface area (TPSA) is 233 Å². The van der Waals surface area contributed by atoms with E-state index in [0.717, 1.165) is 23.1 Å². The van der Waals surface area contributed by atoms with Crippen LogP contribution in [0.15, 0.2) is 30.5 Å². The molecule has 0 radical (unpaired) electrons. The molecule has 7 N–H and O–H groups in total. The van der Waals surface area contributed by atoms with Crippen molar-refractivity contribution < 1.29 is 54.2 Å². The molecule has 16 heteroatoms. The highest BCUT2D eigenvalue weighted by molar-refractivity contribution is 6.01. The molecule has 51 heavy (non-hydrogen) atoms. The zero-order valence-electron chi connectivity index (χ0n) is 29.1. The number of aromatic amines is 1. The van der Waals surface area contributed by atoms with E-state index >= 15 is 0 Å². The lowest BCUT2D eigenvalue weighted by molar-refractivity contribution is -0.323. The van der Waals surface area contributed by atoms with Crippen molar-refractivity contribution >= 4 is 46.1 Å². The zero-order chi connectivity index (χ0) is 37.3. The lowest BCUT2D eigenvalue weighted by atomic mass is 9.79. The number of benzene rings is 1. The fourth-order valence-corrected chi connectivity index (χ4v) is 8.24. The third-order valence-electron chi connectivity index (χ3n) is 10.9. The lowest BCUT2D eigenvalue weighted by Gasteiger charge is -2.49. The number of fused-ring (bicyclic) bond motifs is 5. The van der Waals surface area contributed by atoms with Gasteiger partial charge in [0.15, 0.2) is 12.2 Å². The first-order chi connectivity index (χ1) is 23.9. The number of nitrogens with zero attached hydrogens (tertiary/aromatic N) is 3. The maximum absolute atomic E-state index is 14.3. The fourth-order valence-electron chi connectivity index (χ4n) is 8.24. The average Bonchev–Trinajstić information content (AvgIpc) is 3.79. The Bertz CT molecular complexity index is 1790. The SMILES string of the molecule is CC(C)[C@H]1C(=O)N2CCC[C@H]2[C@]2(O)O[C@](NC(=O)[C@@H]3C=C4c5cccc6[nH]cc(c56)C[C@H]4N(C)C3)(C(C)C)C(=O)N12.O=C(O)C(O)C(O)C(=O)O. The Morgan fingerprint density at radius 1 is 1.06 bits per heavy atom. The van der Waals surface area contributed by atoms with E-state index in [9.17, 15) is 29.1 Å². The standard InChI is InChI=1S/C31H39N5O5.C4H6O6/c1-16(2)26-28(38)35-11-7-10-24(35)31(40)36(26)29(39)30(41-31,17(3)4)33-27(37)19-12-21-20-8-6-9-22-25(20)18(14-32-22)13-23(21)34(5)15-19;5-1(3(7)8)2(6)4(9)10/h6,8-9,12,14,16-17,19,23-24,26,32,40H,7,10-11,13,15H2,1-5H3,(H,33,37);1-2,5-6H,(H,7,8)(H,9,10)/t19-,23-,24+,26+,30-,31+;/m1./s1. The fraction of sp³-hybridized carbons (Fsp3) is 0.571. The minimum absolute atomic E-state index is 0.150. The molecule has 1 aromatic heterocycles. The average molecular weight is 712 g/mol. The third-order valence-corrected chi connectivity index (χ3v) is 10.9. The molecule has 1 aliphatic carbocycles. The van der Waals surface area contributed by atoms with Gasteiger partial charge in [0.2, 0.25) is 17.5 Å². The Labute approximate surface area is 293 Å². The van der Waals surface area contributed by atoms with Crippen molar-refractivity contribution in [2.24, 2.45) is 17.8 Å². The summed E-state index contributed by atoms with van der Waals surface area (Å²) < 4.78 is 6.40. The van der Waals surface area contributed by atoms with Crippen LogP contribution >= 0.6 is 0 Å². The van der Waals surface area contributed by atoms with Crippen LogP contribution in [0.3, 0.4) is 0 Å². The first kappa shape index (κ1) is 36.4. The van der Waals surface area contributed by atoms with Gasteiger partial charge in [0, 0.05) is 42.1 Å². The Hall–Kier alpha value is -4.35. The Balaban J connectivity index is 0.000000394. The molecule has 2 unspecified atom stereocenters. The van der Waals surface area contributed by atoms with Gasteiger partial charge in [-0.15, -0.1) is 0 Å². The van der Waals surface area contributed by atoms with Crippen molar-refractivity contribution in [3.8, 4) is 0 Å². The second kappa shape index (κ2) is 13.0. The number of nitrogens with one attached hydrogen (secondary N) is 2. The first-order valence-corrected chi connectivity index (χ1v) is 17.2. The third kappa shape index (κ3) is 5.69. The quantitative estimate of drug-likeness (QED) is 0.200. The number of carboxylic acids is 2. The highest BCUT2D eigenvalue weighted by Crippen LogP contribution is 2.49. The summed E-state index contributed by atoms with van der Waals surface area (Å²) in [6.07, 6.45) is 1.68. The number of ether oxygens (including phenoxy) is 1. The number of hydrogen-bond acceptors (Lipinski definition) is 10. The number of carbonyl (C=O) groups excluding carboxylic acids is 3. The maximum atomic E-state index is 14.3. The van der Waals surface area contributed by atoms with E-state index in [4.69, 9.17) is 25.2 Å². The summed E-state index contributed by atoms with van der Waals surface area (Å²) in [5, 5.41) is 48.8. The molecule has 3 fully saturated rings. The van der Waals surface area contributed by atoms with Gasteiger partial charge in [-0.05, 0) is 55.0 Å². The summed E-state index contributed by atoms with van der Waals surface area (Å²) in [6, 6.07) is 4.80. The van der Waals surface area contributed by atoms with Crippen molar-refractivity contribution in [2.75, 3.05) is 20.1 Å². The molecule has 5 aliphatic rings. The van der Waals surface area contributed by atoms with Crippen LogP contribution in [0, 0.1) is 17.8 Å². The highest BCUT2D eigenvalue weighted by Gasteiger charge is 2.72. The summed E-state index contributed by atoms with van der Waals surface area (Å²) in [5.74, 6) is -7.90. The van der Waals surface area contributed by atoms with Crippen LogP contribution in [-0.4, -0.2) is 137 Å². The van der Waals surface area contributed by atoms with E-state index in [1.807, 2.05) is 33.0 Å². The summed E-state index contributed by atoms with van der Waals surface area (Å²) in [6.45, 7) is 8.32. The van der Waals surface area contributed by atoms with Gasteiger partial charge >= 0.3 is 11.9 Å². The number of H-pyrrole nitrogens is 1. The molecule has 3 amide bonds. The van der Waals surface area contributed by atoms with Crippen LogP contribution in [-0.2, 0) is 35.1 Å². The zero-order valence-corrected chi connectivity index (χ0v) is 29.1. The van der Waals surface area contributed by atoms with Gasteiger partial charge in [-0.3, -0.25) is 28.9 Å². The van der Waals surface area contributed by atoms with E-state index in [-0.39, 0.29) is 23.8 Å². The molecule has 0 spiro atoms. The molecule has 5 heterocycles. The van der Waals surface area contributed by atoms with E-state index in [0.29, 0.717) is 25.9 Å². The summed E-state index contributed by atoms with van der Waals surface area (Å²) in [7, 11) is 2.03. The number of carbonyl (C=O) groups is 5. The van der Waals surface area contributed by atoms with Gasteiger partial charge in [-0.2, -0.15) is 0 Å². The van der Waals surface area contributed by atoms with Gasteiger partial charge in [0.05, 0.1) is 5.92 Å². The number of aliphatic hydroxyl groups is 3. The van der Waals surface area contributed by atoms with Gasteiger partial charge in [-0.1, -0.05) is 45.9 Å². The van der Waals surface area contributed by atoms with E-state index in [1.54, 1.807) is 18.7 Å². The monoisotopic (exact) mass is 711 g/mol. The van der Waals surface area contributed by atoms with Crippen molar-refractivity contribution in [3.63, 3.8) is 0 Å². The molecule has 1 aromatic carbocycles. The summed E-state index contributed by atoms with van der Waals surface area (Å²) >= 11 is 0. The second-order valence-electron chi connectivity index (χ2n) is 14.7. The molecule has 8 atom stereocenters. The van der Waals surface area contributed by atoms with E-state index in [2.05, 4.69) is 33.5 Å². The highest BCUT2D eigenvalue weighted by atomic mass is 16.7. The van der Waals surface area contributed by atoms with Crippen molar-refractivity contribution in [1.82, 2.24) is 25.0 Å². The first-order valence-electron chi connectivity index (χ1n) is 17.2.